The fraction of sp³-hybridized carbons (Fsp3) is 0.316. The molecule has 0 bridgehead atoms. The van der Waals surface area contributed by atoms with E-state index in [0.717, 1.165) is 12.1 Å². The first-order valence-electron chi connectivity index (χ1n) is 8.94. The van der Waals surface area contributed by atoms with Crippen molar-refractivity contribution in [3.8, 4) is 0 Å². The molecule has 0 radical (unpaired) electrons. The maximum absolute atomic E-state index is 13.3. The summed E-state index contributed by atoms with van der Waals surface area (Å²) in [5, 5.41) is 2.56. The van der Waals surface area contributed by atoms with Crippen LogP contribution in [-0.2, 0) is 14.8 Å². The predicted octanol–water partition coefficient (Wildman–Crippen LogP) is 3.06. The van der Waals surface area contributed by atoms with Crippen LogP contribution in [-0.4, -0.2) is 55.8 Å². The molecule has 29 heavy (non-hydrogen) atoms. The summed E-state index contributed by atoms with van der Waals surface area (Å²) in [6.07, 6.45) is 0. The zero-order valence-electron chi connectivity index (χ0n) is 15.6. The second-order valence-corrected chi connectivity index (χ2v) is 9.55. The maximum atomic E-state index is 13.3. The third kappa shape index (κ3) is 5.00. The lowest BCUT2D eigenvalue weighted by Gasteiger charge is -2.36. The molecule has 1 N–H and O–H groups in total. The number of rotatable bonds is 5. The molecular weight excluding hydrogens is 468 g/mol. The molecular formula is C19H20BrF2N3O3S. The molecule has 1 atom stereocenters. The van der Waals surface area contributed by atoms with E-state index >= 15 is 0 Å². The predicted molar refractivity (Wildman–Crippen MR) is 109 cm³/mol. The summed E-state index contributed by atoms with van der Waals surface area (Å²) in [6, 6.07) is 9.11. The number of nitrogens with zero attached hydrogens (tertiary/aromatic N) is 2. The third-order valence-corrected chi connectivity index (χ3v) is 7.21. The van der Waals surface area contributed by atoms with Crippen LogP contribution in [0.25, 0.3) is 0 Å². The molecule has 0 aromatic heterocycles. The van der Waals surface area contributed by atoms with Crippen molar-refractivity contribution in [3.05, 3.63) is 58.6 Å². The molecule has 1 unspecified atom stereocenters. The van der Waals surface area contributed by atoms with Crippen molar-refractivity contribution in [1.82, 2.24) is 9.21 Å². The first-order valence-corrected chi connectivity index (χ1v) is 11.2. The number of nitrogens with one attached hydrogen (secondary N) is 1. The lowest BCUT2D eigenvalue weighted by Crippen LogP contribution is -2.53. The van der Waals surface area contributed by atoms with Crippen LogP contribution in [0.3, 0.4) is 0 Å². The number of anilines is 1. The van der Waals surface area contributed by atoms with E-state index < -0.39 is 27.7 Å². The van der Waals surface area contributed by atoms with E-state index in [1.54, 1.807) is 31.2 Å². The van der Waals surface area contributed by atoms with Gasteiger partial charge in [0.1, 0.15) is 0 Å². The molecule has 6 nitrogen and oxygen atoms in total. The summed E-state index contributed by atoms with van der Waals surface area (Å²) < 4.78 is 54.0. The zero-order valence-corrected chi connectivity index (χ0v) is 18.0. The highest BCUT2D eigenvalue weighted by Crippen LogP contribution is 2.22. The topological polar surface area (TPSA) is 69.7 Å². The van der Waals surface area contributed by atoms with Gasteiger partial charge in [0, 0.05) is 42.4 Å². The number of hydrogen-bond acceptors (Lipinski definition) is 4. The van der Waals surface area contributed by atoms with Crippen LogP contribution in [0.1, 0.15) is 6.92 Å². The number of amides is 1. The highest BCUT2D eigenvalue weighted by Gasteiger charge is 2.32. The monoisotopic (exact) mass is 487 g/mol. The van der Waals surface area contributed by atoms with Crippen molar-refractivity contribution in [3.63, 3.8) is 0 Å². The van der Waals surface area contributed by atoms with Crippen molar-refractivity contribution < 1.29 is 22.0 Å². The summed E-state index contributed by atoms with van der Waals surface area (Å²) in [4.78, 5) is 14.5. The van der Waals surface area contributed by atoms with Crippen molar-refractivity contribution in [1.29, 1.82) is 0 Å². The van der Waals surface area contributed by atoms with Crippen LogP contribution in [0.5, 0.6) is 0 Å². The maximum Gasteiger partial charge on any atom is 0.243 e. The molecule has 0 spiro atoms. The second kappa shape index (κ2) is 8.86. The van der Waals surface area contributed by atoms with Crippen molar-refractivity contribution >= 4 is 37.5 Å². The van der Waals surface area contributed by atoms with Crippen LogP contribution in [0.15, 0.2) is 51.8 Å². The Morgan fingerprint density at radius 3 is 2.38 bits per heavy atom. The van der Waals surface area contributed by atoms with Gasteiger partial charge in [-0.05, 0) is 37.3 Å². The molecule has 0 aliphatic carbocycles. The van der Waals surface area contributed by atoms with Gasteiger partial charge in [0.25, 0.3) is 0 Å². The summed E-state index contributed by atoms with van der Waals surface area (Å²) in [5.41, 5.74) is 0.164. The molecule has 0 saturated carbocycles. The molecule has 1 aliphatic rings. The minimum absolute atomic E-state index is 0.164. The summed E-state index contributed by atoms with van der Waals surface area (Å²) >= 11 is 3.28. The molecule has 1 fully saturated rings. The second-order valence-electron chi connectivity index (χ2n) is 6.69. The average Bonchev–Trinajstić information content (AvgIpc) is 2.70. The van der Waals surface area contributed by atoms with E-state index in [-0.39, 0.29) is 29.6 Å². The number of hydrogen-bond donors (Lipinski definition) is 1. The standard InChI is InChI=1S/C19H20BrF2N3O3S/c1-13(19(26)23-15-5-6-17(21)18(22)12-15)24-7-9-25(10-8-24)29(27,28)16-4-2-3-14(20)11-16/h2-6,11-13H,7-10H2,1H3,(H,23,26). The Labute approximate surface area is 176 Å². The van der Waals surface area contributed by atoms with Crippen LogP contribution < -0.4 is 5.32 Å². The zero-order chi connectivity index (χ0) is 21.2. The van der Waals surface area contributed by atoms with Gasteiger partial charge in [0.2, 0.25) is 15.9 Å². The van der Waals surface area contributed by atoms with Crippen LogP contribution in [0, 0.1) is 11.6 Å². The summed E-state index contributed by atoms with van der Waals surface area (Å²) in [6.45, 7) is 2.93. The average molecular weight is 488 g/mol. The van der Waals surface area contributed by atoms with Gasteiger partial charge in [0.15, 0.2) is 11.6 Å². The molecule has 2 aromatic carbocycles. The van der Waals surface area contributed by atoms with E-state index in [2.05, 4.69) is 21.2 Å². The number of carbonyl (C=O) groups excluding carboxylic acids is 1. The largest absolute Gasteiger partial charge is 0.325 e. The van der Waals surface area contributed by atoms with Gasteiger partial charge in [-0.3, -0.25) is 9.69 Å². The molecule has 1 aliphatic heterocycles. The SMILES string of the molecule is CC(C(=O)Nc1ccc(F)c(F)c1)N1CCN(S(=O)(=O)c2cccc(Br)c2)CC1. The van der Waals surface area contributed by atoms with Crippen LogP contribution in [0.2, 0.25) is 0 Å². The van der Waals surface area contributed by atoms with Gasteiger partial charge in [-0.15, -0.1) is 0 Å². The molecule has 10 heteroatoms. The van der Waals surface area contributed by atoms with Crippen LogP contribution >= 0.6 is 15.9 Å². The minimum Gasteiger partial charge on any atom is -0.325 e. The Bertz CT molecular complexity index is 1010. The summed E-state index contributed by atoms with van der Waals surface area (Å²) in [7, 11) is -3.61. The minimum atomic E-state index is -3.61. The Morgan fingerprint density at radius 2 is 1.76 bits per heavy atom. The van der Waals surface area contributed by atoms with E-state index in [1.807, 2.05) is 4.90 Å². The smallest absolute Gasteiger partial charge is 0.243 e. The normalized spacial score (nSPS) is 17.1. The number of piperazine rings is 1. The number of halogens is 3. The first-order chi connectivity index (χ1) is 13.7. The van der Waals surface area contributed by atoms with Crippen molar-refractivity contribution in [2.45, 2.75) is 17.9 Å². The Hall–Kier alpha value is -1.88. The van der Waals surface area contributed by atoms with Gasteiger partial charge in [0.05, 0.1) is 10.9 Å². The third-order valence-electron chi connectivity index (χ3n) is 4.82. The van der Waals surface area contributed by atoms with E-state index in [4.69, 9.17) is 0 Å². The summed E-state index contributed by atoms with van der Waals surface area (Å²) in [5.74, 6) is -2.40. The van der Waals surface area contributed by atoms with E-state index in [9.17, 15) is 22.0 Å². The lowest BCUT2D eigenvalue weighted by molar-refractivity contribution is -0.121. The van der Waals surface area contributed by atoms with Crippen molar-refractivity contribution in [2.75, 3.05) is 31.5 Å². The lowest BCUT2D eigenvalue weighted by atomic mass is 10.2. The Balaban J connectivity index is 1.60. The number of sulfonamides is 1. The number of carbonyl (C=O) groups is 1. The molecule has 1 saturated heterocycles. The molecule has 2 aromatic rings. The molecule has 1 amide bonds. The molecule has 3 rings (SSSR count). The van der Waals surface area contributed by atoms with Crippen molar-refractivity contribution in [2.24, 2.45) is 0 Å². The highest BCUT2D eigenvalue weighted by molar-refractivity contribution is 9.10. The van der Waals surface area contributed by atoms with Gasteiger partial charge in [-0.1, -0.05) is 22.0 Å². The molecule has 156 valence electrons. The Kier molecular flexibility index (Phi) is 6.67. The number of benzene rings is 2. The van der Waals surface area contributed by atoms with Gasteiger partial charge < -0.3 is 5.32 Å². The van der Waals surface area contributed by atoms with E-state index in [1.165, 1.54) is 10.4 Å². The quantitative estimate of drug-likeness (QED) is 0.703. The van der Waals surface area contributed by atoms with Crippen LogP contribution in [0.4, 0.5) is 14.5 Å². The van der Waals surface area contributed by atoms with E-state index in [0.29, 0.717) is 17.6 Å². The van der Waals surface area contributed by atoms with Gasteiger partial charge >= 0.3 is 0 Å². The Morgan fingerprint density at radius 1 is 1.07 bits per heavy atom. The first kappa shape index (κ1) is 21.8. The fourth-order valence-electron chi connectivity index (χ4n) is 3.09. The van der Waals surface area contributed by atoms with Gasteiger partial charge in [-0.25, -0.2) is 17.2 Å². The van der Waals surface area contributed by atoms with Gasteiger partial charge in [-0.2, -0.15) is 4.31 Å². The molecule has 1 heterocycles. The highest BCUT2D eigenvalue weighted by atomic mass is 79.9. The fourth-order valence-corrected chi connectivity index (χ4v) is 5.11.